The summed E-state index contributed by atoms with van der Waals surface area (Å²) in [6.07, 6.45) is 2.22. The maximum Gasteiger partial charge on any atom is 0.227 e. The number of tetrazole rings is 1. The van der Waals surface area contributed by atoms with Crippen LogP contribution in [-0.4, -0.2) is 75.2 Å². The average Bonchev–Trinajstić information content (AvgIpc) is 3.40. The van der Waals surface area contributed by atoms with E-state index < -0.39 is 5.82 Å². The van der Waals surface area contributed by atoms with Gasteiger partial charge in [0.1, 0.15) is 18.2 Å². The molecule has 1 aromatic heterocycles. The van der Waals surface area contributed by atoms with Crippen LogP contribution in [0, 0.1) is 17.1 Å². The molecule has 3 aromatic rings. The molecule has 174 valence electrons. The molecule has 0 N–H and O–H groups in total. The van der Waals surface area contributed by atoms with Crippen LogP contribution in [0.25, 0.3) is 5.69 Å². The molecule has 1 atom stereocenters. The van der Waals surface area contributed by atoms with E-state index >= 15 is 0 Å². The van der Waals surface area contributed by atoms with Gasteiger partial charge in [-0.1, -0.05) is 18.2 Å². The lowest BCUT2D eigenvalue weighted by Crippen LogP contribution is -2.50. The molecule has 1 amide bonds. The first kappa shape index (κ1) is 22.1. The van der Waals surface area contributed by atoms with Crippen LogP contribution >= 0.6 is 0 Å². The third-order valence-corrected chi connectivity index (χ3v) is 6.48. The smallest absolute Gasteiger partial charge is 0.227 e. The molecule has 2 aromatic carbocycles. The summed E-state index contributed by atoms with van der Waals surface area (Å²) in [5, 5.41) is 20.5. The van der Waals surface area contributed by atoms with Crippen molar-refractivity contribution in [3.05, 3.63) is 70.8 Å². The van der Waals surface area contributed by atoms with Crippen LogP contribution in [0.5, 0.6) is 0 Å². The van der Waals surface area contributed by atoms with Crippen LogP contribution in [0.15, 0.2) is 42.7 Å². The van der Waals surface area contributed by atoms with Crippen LogP contribution in [-0.2, 0) is 22.4 Å². The van der Waals surface area contributed by atoms with E-state index in [1.165, 1.54) is 12.4 Å². The predicted octanol–water partition coefficient (Wildman–Crippen LogP) is 1.67. The number of amides is 1. The molecule has 0 saturated carbocycles. The second-order valence-electron chi connectivity index (χ2n) is 8.49. The number of fused-ring (bicyclic) bond motifs is 1. The minimum absolute atomic E-state index is 0.100. The molecule has 0 radical (unpaired) electrons. The highest BCUT2D eigenvalue weighted by molar-refractivity contribution is 5.79. The Hall–Kier alpha value is -3.68. The van der Waals surface area contributed by atoms with Crippen molar-refractivity contribution >= 4 is 5.91 Å². The Morgan fingerprint density at radius 1 is 1.15 bits per heavy atom. The largest absolute Gasteiger partial charge is 0.372 e. The number of piperazine rings is 1. The molecule has 0 bridgehead atoms. The van der Waals surface area contributed by atoms with Gasteiger partial charge in [0, 0.05) is 32.7 Å². The van der Waals surface area contributed by atoms with Gasteiger partial charge in [0.2, 0.25) is 5.91 Å². The van der Waals surface area contributed by atoms with Crippen molar-refractivity contribution in [2.45, 2.75) is 18.9 Å². The first-order chi connectivity index (χ1) is 16.6. The van der Waals surface area contributed by atoms with Gasteiger partial charge in [-0.2, -0.15) is 5.26 Å². The fourth-order valence-electron chi connectivity index (χ4n) is 4.62. The second kappa shape index (κ2) is 9.67. The summed E-state index contributed by atoms with van der Waals surface area (Å²) in [5.41, 5.74) is 3.57. The van der Waals surface area contributed by atoms with Crippen molar-refractivity contribution in [2.75, 3.05) is 39.3 Å². The van der Waals surface area contributed by atoms with Crippen LogP contribution in [0.3, 0.4) is 0 Å². The van der Waals surface area contributed by atoms with Gasteiger partial charge >= 0.3 is 0 Å². The number of aromatic nitrogens is 4. The van der Waals surface area contributed by atoms with Gasteiger partial charge < -0.3 is 9.64 Å². The van der Waals surface area contributed by atoms with E-state index in [9.17, 15) is 14.4 Å². The molecule has 3 heterocycles. The number of carbonyl (C=O) groups is 1. The lowest BCUT2D eigenvalue weighted by atomic mass is 9.92. The van der Waals surface area contributed by atoms with E-state index in [-0.39, 0.29) is 17.6 Å². The van der Waals surface area contributed by atoms with Crippen LogP contribution < -0.4 is 0 Å². The van der Waals surface area contributed by atoms with Gasteiger partial charge in [0.15, 0.2) is 0 Å². The molecule has 2 aliphatic heterocycles. The number of nitriles is 1. The Bertz CT molecular complexity index is 1200. The SMILES string of the molecule is N#Cc1c(F)ccc2c1CCOC2CN1CCN(C(=O)Cc2ccc(-n3cnnn3)cc2)CC1. The lowest BCUT2D eigenvalue weighted by molar-refractivity contribution is -0.132. The van der Waals surface area contributed by atoms with Crippen molar-refractivity contribution < 1.29 is 13.9 Å². The van der Waals surface area contributed by atoms with Crippen molar-refractivity contribution in [3.8, 4) is 11.8 Å². The second-order valence-corrected chi connectivity index (χ2v) is 8.49. The zero-order valence-electron chi connectivity index (χ0n) is 18.6. The van der Waals surface area contributed by atoms with E-state index in [1.807, 2.05) is 35.2 Å². The van der Waals surface area contributed by atoms with Crippen molar-refractivity contribution in [2.24, 2.45) is 0 Å². The maximum atomic E-state index is 14.0. The Morgan fingerprint density at radius 2 is 1.94 bits per heavy atom. The summed E-state index contributed by atoms with van der Waals surface area (Å²) in [7, 11) is 0. The fraction of sp³-hybridized carbons (Fsp3) is 0.375. The molecule has 0 spiro atoms. The first-order valence-corrected chi connectivity index (χ1v) is 11.3. The van der Waals surface area contributed by atoms with Gasteiger partial charge in [-0.05, 0) is 51.7 Å². The van der Waals surface area contributed by atoms with Crippen molar-refractivity contribution in [1.29, 1.82) is 5.26 Å². The summed E-state index contributed by atoms with van der Waals surface area (Å²) in [4.78, 5) is 17.0. The highest BCUT2D eigenvalue weighted by Gasteiger charge is 2.29. The van der Waals surface area contributed by atoms with Crippen LogP contribution in [0.2, 0.25) is 0 Å². The standard InChI is InChI=1S/C24H24FN7O2/c25-22-6-5-20-19(21(22)14-26)7-12-34-23(20)15-30-8-10-31(11-9-30)24(33)13-17-1-3-18(4-2-17)32-16-27-28-29-32/h1-6,16,23H,7-13,15H2. The van der Waals surface area contributed by atoms with E-state index in [0.29, 0.717) is 39.1 Å². The molecule has 1 unspecified atom stereocenters. The van der Waals surface area contributed by atoms with Gasteiger partial charge in [0.05, 0.1) is 30.4 Å². The molecule has 9 nitrogen and oxygen atoms in total. The molecular weight excluding hydrogens is 437 g/mol. The predicted molar refractivity (Wildman–Crippen MR) is 119 cm³/mol. The molecule has 34 heavy (non-hydrogen) atoms. The number of carbonyl (C=O) groups excluding carboxylic acids is 1. The minimum atomic E-state index is -0.473. The lowest BCUT2D eigenvalue weighted by Gasteiger charge is -2.37. The Morgan fingerprint density at radius 3 is 2.65 bits per heavy atom. The third-order valence-electron chi connectivity index (χ3n) is 6.48. The highest BCUT2D eigenvalue weighted by Crippen LogP contribution is 2.31. The molecule has 10 heteroatoms. The minimum Gasteiger partial charge on any atom is -0.372 e. The summed E-state index contributed by atoms with van der Waals surface area (Å²) in [6, 6.07) is 12.7. The molecule has 1 fully saturated rings. The Labute approximate surface area is 196 Å². The summed E-state index contributed by atoms with van der Waals surface area (Å²) in [5.74, 6) is -0.373. The van der Waals surface area contributed by atoms with E-state index in [4.69, 9.17) is 4.74 Å². The first-order valence-electron chi connectivity index (χ1n) is 11.3. The van der Waals surface area contributed by atoms with Crippen LogP contribution in [0.1, 0.15) is 28.4 Å². The molecule has 1 saturated heterocycles. The van der Waals surface area contributed by atoms with Crippen molar-refractivity contribution in [1.82, 2.24) is 30.0 Å². The van der Waals surface area contributed by atoms with Crippen LogP contribution in [0.4, 0.5) is 4.39 Å². The van der Waals surface area contributed by atoms with Gasteiger partial charge in [-0.3, -0.25) is 9.69 Å². The number of hydrogen-bond acceptors (Lipinski definition) is 7. The number of hydrogen-bond donors (Lipinski definition) is 0. The van der Waals surface area contributed by atoms with E-state index in [2.05, 4.69) is 20.4 Å². The summed E-state index contributed by atoms with van der Waals surface area (Å²) < 4.78 is 21.5. The maximum absolute atomic E-state index is 14.0. The fourth-order valence-corrected chi connectivity index (χ4v) is 4.62. The highest BCUT2D eigenvalue weighted by atomic mass is 19.1. The quantitative estimate of drug-likeness (QED) is 0.570. The zero-order chi connectivity index (χ0) is 23.5. The average molecular weight is 462 g/mol. The third kappa shape index (κ3) is 4.53. The molecule has 2 aliphatic rings. The number of benzene rings is 2. The zero-order valence-corrected chi connectivity index (χ0v) is 18.6. The Balaban J connectivity index is 1.15. The van der Waals surface area contributed by atoms with E-state index in [1.54, 1.807) is 10.7 Å². The number of rotatable bonds is 5. The summed E-state index contributed by atoms with van der Waals surface area (Å²) >= 11 is 0. The number of halogens is 1. The van der Waals surface area contributed by atoms with Gasteiger partial charge in [-0.15, -0.1) is 5.10 Å². The Kier molecular flexibility index (Phi) is 6.29. The number of ether oxygens (including phenoxy) is 1. The van der Waals surface area contributed by atoms with E-state index in [0.717, 1.165) is 35.5 Å². The molecular formula is C24H24FN7O2. The summed E-state index contributed by atoms with van der Waals surface area (Å²) in [6.45, 7) is 3.91. The topological polar surface area (TPSA) is 100 Å². The molecule has 5 rings (SSSR count). The van der Waals surface area contributed by atoms with Crippen molar-refractivity contribution in [3.63, 3.8) is 0 Å². The monoisotopic (exact) mass is 461 g/mol. The number of nitrogens with zero attached hydrogens (tertiary/aromatic N) is 7. The normalized spacial score (nSPS) is 18.4. The van der Waals surface area contributed by atoms with Gasteiger partial charge in [-0.25, -0.2) is 9.07 Å². The molecule has 0 aliphatic carbocycles. The van der Waals surface area contributed by atoms with Gasteiger partial charge in [0.25, 0.3) is 0 Å².